The first-order valence-electron chi connectivity index (χ1n) is 8.61. The van der Waals surface area contributed by atoms with E-state index in [2.05, 4.69) is 31.8 Å². The minimum absolute atomic E-state index is 0.472. The summed E-state index contributed by atoms with van der Waals surface area (Å²) >= 11 is 0. The molecule has 2 aliphatic rings. The average molecular weight is 326 g/mol. The number of benzene rings is 1. The van der Waals surface area contributed by atoms with Crippen LogP contribution in [0.1, 0.15) is 31.5 Å². The highest BCUT2D eigenvalue weighted by atomic mass is 16.4. The standard InChI is InChI=1S/C18H22N4O2/c23-17(24)18(7-4-8-18)9-10-21-11-12-22-15(13-21)19-20-16(22)14-5-2-1-3-6-14/h1-3,5-6H,4,7-13H2,(H,23,24). The van der Waals surface area contributed by atoms with Gasteiger partial charge >= 0.3 is 5.97 Å². The zero-order valence-corrected chi connectivity index (χ0v) is 13.7. The van der Waals surface area contributed by atoms with Gasteiger partial charge in [-0.05, 0) is 25.8 Å². The summed E-state index contributed by atoms with van der Waals surface area (Å²) in [6.45, 7) is 3.34. The summed E-state index contributed by atoms with van der Waals surface area (Å²) < 4.78 is 2.18. The van der Waals surface area contributed by atoms with E-state index in [9.17, 15) is 9.90 Å². The predicted molar refractivity (Wildman–Crippen MR) is 89.3 cm³/mol. The molecule has 1 aliphatic carbocycles. The third-order valence-electron chi connectivity index (χ3n) is 5.54. The third-order valence-corrected chi connectivity index (χ3v) is 5.54. The Morgan fingerprint density at radius 2 is 1.96 bits per heavy atom. The average Bonchev–Trinajstić information content (AvgIpc) is 2.97. The van der Waals surface area contributed by atoms with Crippen LogP contribution in [-0.4, -0.2) is 43.8 Å². The summed E-state index contributed by atoms with van der Waals surface area (Å²) in [7, 11) is 0. The molecule has 1 aromatic carbocycles. The Kier molecular flexibility index (Phi) is 3.84. The van der Waals surface area contributed by atoms with Gasteiger partial charge in [-0.15, -0.1) is 10.2 Å². The highest BCUT2D eigenvalue weighted by Crippen LogP contribution is 2.44. The predicted octanol–water partition coefficient (Wildman–Crippen LogP) is 2.41. The van der Waals surface area contributed by atoms with Crippen LogP contribution in [0.5, 0.6) is 0 Å². The summed E-state index contributed by atoms with van der Waals surface area (Å²) in [6.07, 6.45) is 3.43. The van der Waals surface area contributed by atoms with Crippen LogP contribution in [-0.2, 0) is 17.9 Å². The van der Waals surface area contributed by atoms with Crippen molar-refractivity contribution in [1.82, 2.24) is 19.7 Å². The third kappa shape index (κ3) is 2.60. The van der Waals surface area contributed by atoms with E-state index < -0.39 is 11.4 Å². The number of carboxylic acids is 1. The second kappa shape index (κ2) is 6.02. The van der Waals surface area contributed by atoms with Crippen LogP contribution in [0.4, 0.5) is 0 Å². The molecule has 6 heteroatoms. The summed E-state index contributed by atoms with van der Waals surface area (Å²) in [5.41, 5.74) is 0.615. The van der Waals surface area contributed by atoms with Crippen molar-refractivity contribution in [1.29, 1.82) is 0 Å². The van der Waals surface area contributed by atoms with Gasteiger partial charge < -0.3 is 9.67 Å². The quantitative estimate of drug-likeness (QED) is 0.913. The lowest BCUT2D eigenvalue weighted by atomic mass is 9.66. The molecule has 2 heterocycles. The lowest BCUT2D eigenvalue weighted by molar-refractivity contribution is -0.155. The van der Waals surface area contributed by atoms with Crippen molar-refractivity contribution in [2.75, 3.05) is 13.1 Å². The molecule has 1 saturated carbocycles. The monoisotopic (exact) mass is 326 g/mol. The largest absolute Gasteiger partial charge is 0.481 e. The number of aliphatic carboxylic acids is 1. The zero-order valence-electron chi connectivity index (χ0n) is 13.7. The van der Waals surface area contributed by atoms with E-state index >= 15 is 0 Å². The van der Waals surface area contributed by atoms with Crippen LogP contribution in [0.25, 0.3) is 11.4 Å². The Bertz CT molecular complexity index is 737. The van der Waals surface area contributed by atoms with Gasteiger partial charge in [-0.1, -0.05) is 36.8 Å². The van der Waals surface area contributed by atoms with Gasteiger partial charge in [0.2, 0.25) is 0 Å². The molecule has 0 amide bonds. The molecule has 0 saturated heterocycles. The van der Waals surface area contributed by atoms with Crippen molar-refractivity contribution in [3.05, 3.63) is 36.2 Å². The molecule has 0 bridgehead atoms. The van der Waals surface area contributed by atoms with Gasteiger partial charge in [0.1, 0.15) is 5.82 Å². The normalized spacial score (nSPS) is 19.5. The fourth-order valence-electron chi connectivity index (χ4n) is 3.75. The van der Waals surface area contributed by atoms with Gasteiger partial charge in [0.25, 0.3) is 0 Å². The molecule has 24 heavy (non-hydrogen) atoms. The molecular formula is C18H22N4O2. The second-order valence-electron chi connectivity index (χ2n) is 6.92. The van der Waals surface area contributed by atoms with Crippen molar-refractivity contribution < 1.29 is 9.90 Å². The smallest absolute Gasteiger partial charge is 0.309 e. The highest BCUT2D eigenvalue weighted by molar-refractivity contribution is 5.75. The fourth-order valence-corrected chi connectivity index (χ4v) is 3.75. The summed E-state index contributed by atoms with van der Waals surface area (Å²) in [6, 6.07) is 10.1. The van der Waals surface area contributed by atoms with Gasteiger partial charge in [-0.25, -0.2) is 0 Å². The first kappa shape index (κ1) is 15.3. The van der Waals surface area contributed by atoms with Gasteiger partial charge in [-0.2, -0.15) is 0 Å². The lowest BCUT2D eigenvalue weighted by Crippen LogP contribution is -2.42. The second-order valence-corrected chi connectivity index (χ2v) is 6.92. The van der Waals surface area contributed by atoms with Crippen molar-refractivity contribution in [3.8, 4) is 11.4 Å². The van der Waals surface area contributed by atoms with E-state index in [0.717, 1.165) is 69.1 Å². The Hall–Kier alpha value is -2.21. The lowest BCUT2D eigenvalue weighted by Gasteiger charge is -2.39. The number of rotatable bonds is 5. The SMILES string of the molecule is O=C(O)C1(CCN2CCn3c(nnc3-c3ccccc3)C2)CCC1. The summed E-state index contributed by atoms with van der Waals surface area (Å²) in [5, 5.41) is 18.2. The van der Waals surface area contributed by atoms with Crippen LogP contribution in [0.2, 0.25) is 0 Å². The van der Waals surface area contributed by atoms with Crippen molar-refractivity contribution in [2.45, 2.75) is 38.8 Å². The molecule has 126 valence electrons. The number of hydrogen-bond acceptors (Lipinski definition) is 4. The van der Waals surface area contributed by atoms with Crippen molar-refractivity contribution in [3.63, 3.8) is 0 Å². The Morgan fingerprint density at radius 1 is 1.17 bits per heavy atom. The maximum atomic E-state index is 11.5. The number of aromatic nitrogens is 3. The highest BCUT2D eigenvalue weighted by Gasteiger charge is 2.44. The topological polar surface area (TPSA) is 71.2 Å². The molecule has 1 fully saturated rings. The van der Waals surface area contributed by atoms with E-state index in [1.54, 1.807) is 0 Å². The minimum Gasteiger partial charge on any atom is -0.481 e. The molecule has 0 radical (unpaired) electrons. The molecule has 1 aliphatic heterocycles. The van der Waals surface area contributed by atoms with E-state index in [-0.39, 0.29) is 0 Å². The number of hydrogen-bond donors (Lipinski definition) is 1. The molecule has 0 atom stereocenters. The molecule has 1 aromatic heterocycles. The summed E-state index contributed by atoms with van der Waals surface area (Å²) in [4.78, 5) is 13.8. The zero-order chi connectivity index (χ0) is 16.6. The maximum absolute atomic E-state index is 11.5. The van der Waals surface area contributed by atoms with E-state index in [4.69, 9.17) is 0 Å². The number of carbonyl (C=O) groups is 1. The van der Waals surface area contributed by atoms with Gasteiger partial charge in [0, 0.05) is 18.7 Å². The van der Waals surface area contributed by atoms with E-state index in [1.165, 1.54) is 0 Å². The number of fused-ring (bicyclic) bond motifs is 1. The Labute approximate surface area is 141 Å². The van der Waals surface area contributed by atoms with Crippen LogP contribution in [0.15, 0.2) is 30.3 Å². The van der Waals surface area contributed by atoms with Crippen LogP contribution < -0.4 is 0 Å². The van der Waals surface area contributed by atoms with Crippen molar-refractivity contribution in [2.24, 2.45) is 5.41 Å². The molecule has 2 aromatic rings. The van der Waals surface area contributed by atoms with E-state index in [1.807, 2.05) is 18.2 Å². The maximum Gasteiger partial charge on any atom is 0.309 e. The molecule has 4 rings (SSSR count). The molecule has 0 spiro atoms. The molecule has 6 nitrogen and oxygen atoms in total. The van der Waals surface area contributed by atoms with Crippen molar-refractivity contribution >= 4 is 5.97 Å². The van der Waals surface area contributed by atoms with Gasteiger partial charge in [0.05, 0.1) is 12.0 Å². The van der Waals surface area contributed by atoms with E-state index in [0.29, 0.717) is 0 Å². The summed E-state index contributed by atoms with van der Waals surface area (Å²) in [5.74, 6) is 1.27. The Morgan fingerprint density at radius 3 is 2.62 bits per heavy atom. The van der Waals surface area contributed by atoms with Crippen LogP contribution >= 0.6 is 0 Å². The number of nitrogens with zero attached hydrogens (tertiary/aromatic N) is 4. The minimum atomic E-state index is -0.625. The van der Waals surface area contributed by atoms with Crippen LogP contribution in [0.3, 0.4) is 0 Å². The number of carboxylic acid groups (broad SMARTS) is 1. The van der Waals surface area contributed by atoms with Gasteiger partial charge in [-0.3, -0.25) is 9.69 Å². The van der Waals surface area contributed by atoms with Gasteiger partial charge in [0.15, 0.2) is 5.82 Å². The first-order chi connectivity index (χ1) is 11.7. The molecule has 1 N–H and O–H groups in total. The molecule has 0 unspecified atom stereocenters. The fraction of sp³-hybridized carbons (Fsp3) is 0.500. The first-order valence-corrected chi connectivity index (χ1v) is 8.61. The Balaban J connectivity index is 1.44. The van der Waals surface area contributed by atoms with Crippen LogP contribution in [0, 0.1) is 5.41 Å². The molecular weight excluding hydrogens is 304 g/mol.